The highest BCUT2D eigenvalue weighted by atomic mass is 16.5. The molecule has 0 unspecified atom stereocenters. The van der Waals surface area contributed by atoms with E-state index < -0.39 is 0 Å². The van der Waals surface area contributed by atoms with Crippen LogP contribution in [0.5, 0.6) is 5.75 Å². The predicted octanol–water partition coefficient (Wildman–Crippen LogP) is 3.45. The summed E-state index contributed by atoms with van der Waals surface area (Å²) in [5, 5.41) is 0.959. The Morgan fingerprint density at radius 1 is 1.11 bits per heavy atom. The lowest BCUT2D eigenvalue weighted by molar-refractivity contribution is 0.112. The fourth-order valence-corrected chi connectivity index (χ4v) is 2.27. The highest BCUT2D eigenvalue weighted by Crippen LogP contribution is 2.25. The van der Waals surface area contributed by atoms with Crippen LogP contribution in [0.2, 0.25) is 0 Å². The number of rotatable bonds is 3. The van der Waals surface area contributed by atoms with Gasteiger partial charge in [0.05, 0.1) is 12.6 Å². The summed E-state index contributed by atoms with van der Waals surface area (Å²) in [5.41, 5.74) is 2.68. The molecule has 0 bridgehead atoms. The maximum absolute atomic E-state index is 11.2. The third kappa shape index (κ3) is 1.89. The normalized spacial score (nSPS) is 10.6. The van der Waals surface area contributed by atoms with E-state index in [-0.39, 0.29) is 0 Å². The van der Waals surface area contributed by atoms with Gasteiger partial charge in [0.15, 0.2) is 6.29 Å². The topological polar surface area (TPSA) is 31.2 Å². The van der Waals surface area contributed by atoms with Crippen molar-refractivity contribution in [1.82, 2.24) is 4.57 Å². The van der Waals surface area contributed by atoms with E-state index >= 15 is 0 Å². The zero-order valence-electron chi connectivity index (χ0n) is 10.5. The van der Waals surface area contributed by atoms with Crippen LogP contribution in [0.25, 0.3) is 16.6 Å². The second-order valence-electron chi connectivity index (χ2n) is 4.29. The molecule has 94 valence electrons. The van der Waals surface area contributed by atoms with Gasteiger partial charge >= 0.3 is 0 Å². The minimum absolute atomic E-state index is 0.693. The van der Waals surface area contributed by atoms with Gasteiger partial charge in [-0.2, -0.15) is 0 Å². The largest absolute Gasteiger partial charge is 0.497 e. The van der Waals surface area contributed by atoms with E-state index in [2.05, 4.69) is 0 Å². The van der Waals surface area contributed by atoms with Gasteiger partial charge < -0.3 is 9.30 Å². The molecule has 1 heterocycles. The second kappa shape index (κ2) is 4.61. The summed E-state index contributed by atoms with van der Waals surface area (Å²) in [7, 11) is 1.64. The van der Waals surface area contributed by atoms with Crippen LogP contribution >= 0.6 is 0 Å². The summed E-state index contributed by atoms with van der Waals surface area (Å²) < 4.78 is 7.24. The van der Waals surface area contributed by atoms with Gasteiger partial charge in [0.25, 0.3) is 0 Å². The molecule has 0 aliphatic rings. The quantitative estimate of drug-likeness (QED) is 0.667. The summed E-state index contributed by atoms with van der Waals surface area (Å²) in [6.45, 7) is 0. The van der Waals surface area contributed by atoms with Gasteiger partial charge in [-0.1, -0.05) is 24.3 Å². The van der Waals surface area contributed by atoms with Crippen LogP contribution in [0.1, 0.15) is 10.4 Å². The van der Waals surface area contributed by atoms with Crippen LogP contribution in [0.3, 0.4) is 0 Å². The Labute approximate surface area is 111 Å². The fraction of sp³-hybridized carbons (Fsp3) is 0.0625. The number of ether oxygens (including phenoxy) is 1. The molecule has 0 fully saturated rings. The van der Waals surface area contributed by atoms with E-state index in [4.69, 9.17) is 4.74 Å². The first-order valence-corrected chi connectivity index (χ1v) is 6.03. The molecular formula is C16H13NO2. The molecular weight excluding hydrogens is 238 g/mol. The zero-order chi connectivity index (χ0) is 13.2. The number of aldehydes is 1. The van der Waals surface area contributed by atoms with Gasteiger partial charge in [-0.3, -0.25) is 4.79 Å². The number of methoxy groups -OCH3 is 1. The summed E-state index contributed by atoms with van der Waals surface area (Å²) in [6.07, 6.45) is 2.74. The first kappa shape index (κ1) is 11.5. The van der Waals surface area contributed by atoms with E-state index in [1.165, 1.54) is 0 Å². The van der Waals surface area contributed by atoms with Crippen molar-refractivity contribution in [3.05, 3.63) is 60.3 Å². The number of benzene rings is 2. The molecule has 0 atom stereocenters. The van der Waals surface area contributed by atoms with Crippen molar-refractivity contribution < 1.29 is 9.53 Å². The predicted molar refractivity (Wildman–Crippen MR) is 75.2 cm³/mol. The van der Waals surface area contributed by atoms with Crippen molar-refractivity contribution in [3.63, 3.8) is 0 Å². The number of para-hydroxylation sites is 1. The molecule has 0 saturated heterocycles. The smallest absolute Gasteiger partial charge is 0.152 e. The zero-order valence-corrected chi connectivity index (χ0v) is 10.5. The van der Waals surface area contributed by atoms with E-state index in [9.17, 15) is 4.79 Å². The third-order valence-corrected chi connectivity index (χ3v) is 3.20. The molecule has 3 nitrogen and oxygen atoms in total. The highest BCUT2D eigenvalue weighted by Gasteiger charge is 2.08. The van der Waals surface area contributed by atoms with Crippen molar-refractivity contribution in [1.29, 1.82) is 0 Å². The molecule has 2 aromatic carbocycles. The van der Waals surface area contributed by atoms with Gasteiger partial charge in [0.2, 0.25) is 0 Å². The third-order valence-electron chi connectivity index (χ3n) is 3.20. The van der Waals surface area contributed by atoms with E-state index in [0.29, 0.717) is 5.56 Å². The standard InChI is InChI=1S/C16H13NO2/c1-19-14-6-4-5-13(9-14)17-10-12(11-18)15-7-2-3-8-16(15)17/h2-11H,1H3. The van der Waals surface area contributed by atoms with Crippen molar-refractivity contribution >= 4 is 17.2 Å². The maximum Gasteiger partial charge on any atom is 0.152 e. The number of carbonyl (C=O) groups is 1. The van der Waals surface area contributed by atoms with Crippen LogP contribution in [0, 0.1) is 0 Å². The molecule has 0 spiro atoms. The lowest BCUT2D eigenvalue weighted by Crippen LogP contribution is -1.92. The molecule has 0 amide bonds. The van der Waals surface area contributed by atoms with Crippen molar-refractivity contribution in [2.24, 2.45) is 0 Å². The molecule has 0 radical (unpaired) electrons. The Morgan fingerprint density at radius 2 is 1.95 bits per heavy atom. The molecule has 0 aliphatic heterocycles. The summed E-state index contributed by atoms with van der Waals surface area (Å²) in [6, 6.07) is 15.6. The molecule has 0 aliphatic carbocycles. The van der Waals surface area contributed by atoms with Gasteiger partial charge in [0.1, 0.15) is 5.75 Å². The highest BCUT2D eigenvalue weighted by molar-refractivity contribution is 5.98. The van der Waals surface area contributed by atoms with Crippen molar-refractivity contribution in [2.75, 3.05) is 7.11 Å². The first-order chi connectivity index (χ1) is 9.33. The molecule has 3 heteroatoms. The van der Waals surface area contributed by atoms with Crippen LogP contribution in [-0.4, -0.2) is 18.0 Å². The molecule has 0 N–H and O–H groups in total. The number of fused-ring (bicyclic) bond motifs is 1. The molecule has 3 aromatic rings. The Kier molecular flexibility index (Phi) is 2.80. The molecule has 1 aromatic heterocycles. The Hall–Kier alpha value is -2.55. The number of nitrogens with zero attached hydrogens (tertiary/aromatic N) is 1. The first-order valence-electron chi connectivity index (χ1n) is 6.03. The van der Waals surface area contributed by atoms with Crippen LogP contribution in [-0.2, 0) is 0 Å². The molecule has 19 heavy (non-hydrogen) atoms. The van der Waals surface area contributed by atoms with Gasteiger partial charge in [-0.25, -0.2) is 0 Å². The number of hydrogen-bond donors (Lipinski definition) is 0. The van der Waals surface area contributed by atoms with Gasteiger partial charge in [-0.15, -0.1) is 0 Å². The summed E-state index contributed by atoms with van der Waals surface area (Å²) in [4.78, 5) is 11.2. The molecule has 3 rings (SSSR count). The minimum Gasteiger partial charge on any atom is -0.497 e. The lowest BCUT2D eigenvalue weighted by Gasteiger charge is -2.07. The number of hydrogen-bond acceptors (Lipinski definition) is 2. The summed E-state index contributed by atoms with van der Waals surface area (Å²) >= 11 is 0. The minimum atomic E-state index is 0.693. The van der Waals surface area contributed by atoms with Crippen LogP contribution < -0.4 is 4.74 Å². The maximum atomic E-state index is 11.2. The van der Waals surface area contributed by atoms with E-state index in [1.54, 1.807) is 7.11 Å². The van der Waals surface area contributed by atoms with Crippen molar-refractivity contribution in [3.8, 4) is 11.4 Å². The Morgan fingerprint density at radius 3 is 2.74 bits per heavy atom. The average molecular weight is 251 g/mol. The van der Waals surface area contributed by atoms with E-state index in [0.717, 1.165) is 28.6 Å². The van der Waals surface area contributed by atoms with Crippen LogP contribution in [0.4, 0.5) is 0 Å². The number of aromatic nitrogens is 1. The van der Waals surface area contributed by atoms with Crippen LogP contribution in [0.15, 0.2) is 54.7 Å². The second-order valence-corrected chi connectivity index (χ2v) is 4.29. The van der Waals surface area contributed by atoms with Gasteiger partial charge in [-0.05, 0) is 18.2 Å². The lowest BCUT2D eigenvalue weighted by atomic mass is 10.2. The average Bonchev–Trinajstić information content (AvgIpc) is 2.86. The number of carbonyl (C=O) groups excluding carboxylic acids is 1. The Balaban J connectivity index is 2.27. The fourth-order valence-electron chi connectivity index (χ4n) is 2.27. The monoisotopic (exact) mass is 251 g/mol. The van der Waals surface area contributed by atoms with Gasteiger partial charge in [0, 0.05) is 28.9 Å². The Bertz CT molecular complexity index is 743. The van der Waals surface area contributed by atoms with Crippen molar-refractivity contribution in [2.45, 2.75) is 0 Å². The summed E-state index contributed by atoms with van der Waals surface area (Å²) in [5.74, 6) is 0.794. The SMILES string of the molecule is COc1cccc(-n2cc(C=O)c3ccccc32)c1. The molecule has 0 saturated carbocycles. The van der Waals surface area contributed by atoms with E-state index in [1.807, 2.05) is 59.3 Å².